The molecule has 2 rings (SSSR count). The van der Waals surface area contributed by atoms with Gasteiger partial charge in [0.15, 0.2) is 5.75 Å². The zero-order valence-electron chi connectivity index (χ0n) is 10.1. The molecule has 0 saturated carbocycles. The van der Waals surface area contributed by atoms with Gasteiger partial charge in [-0.25, -0.2) is 0 Å². The Labute approximate surface area is 113 Å². The van der Waals surface area contributed by atoms with E-state index in [2.05, 4.69) is 10.3 Å². The van der Waals surface area contributed by atoms with Gasteiger partial charge in [-0.1, -0.05) is 11.3 Å². The summed E-state index contributed by atoms with van der Waals surface area (Å²) in [6.45, 7) is 0.120. The average Bonchev–Trinajstić information content (AvgIpc) is 2.82. The molecule has 0 radical (unpaired) electrons. The number of hydrogen-bond acceptors (Lipinski definition) is 5. The number of ether oxygens (including phenoxy) is 1. The molecule has 1 aromatic carbocycles. The van der Waals surface area contributed by atoms with Crippen LogP contribution >= 0.6 is 11.6 Å². The van der Waals surface area contributed by atoms with Crippen LogP contribution in [0.1, 0.15) is 11.3 Å². The summed E-state index contributed by atoms with van der Waals surface area (Å²) in [6, 6.07) is 4.62. The van der Waals surface area contributed by atoms with Crippen LogP contribution in [-0.2, 0) is 19.5 Å². The third-order valence-corrected chi connectivity index (χ3v) is 2.71. The van der Waals surface area contributed by atoms with E-state index in [9.17, 15) is 10.1 Å². The van der Waals surface area contributed by atoms with Gasteiger partial charge in [-0.2, -0.15) is 0 Å². The monoisotopic (exact) mass is 282 g/mol. The molecule has 1 heterocycles. The van der Waals surface area contributed by atoms with Crippen molar-refractivity contribution in [2.75, 3.05) is 0 Å². The standard InChI is InChI=1S/C11H11ClN4O3/c1-15-6-9(13-14-15)7-19-11-3-2-8(5-12)4-10(11)16(17)18/h2-4,6H,5,7H2,1H3. The van der Waals surface area contributed by atoms with Crippen LogP contribution in [0.2, 0.25) is 0 Å². The van der Waals surface area contributed by atoms with Crippen molar-refractivity contribution in [3.8, 4) is 5.75 Å². The number of rotatable bonds is 5. The second kappa shape index (κ2) is 5.66. The van der Waals surface area contributed by atoms with Crippen LogP contribution < -0.4 is 4.74 Å². The molecule has 0 unspecified atom stereocenters. The Kier molecular flexibility index (Phi) is 3.96. The summed E-state index contributed by atoms with van der Waals surface area (Å²) in [5.41, 5.74) is 1.15. The molecule has 0 saturated heterocycles. The molecule has 0 atom stereocenters. The van der Waals surface area contributed by atoms with Crippen LogP contribution in [0.25, 0.3) is 0 Å². The molecular weight excluding hydrogens is 272 g/mol. The van der Waals surface area contributed by atoms with Crippen molar-refractivity contribution in [2.24, 2.45) is 7.05 Å². The summed E-state index contributed by atoms with van der Waals surface area (Å²) in [6.07, 6.45) is 1.68. The quantitative estimate of drug-likeness (QED) is 0.476. The molecule has 0 amide bonds. The molecule has 0 aliphatic heterocycles. The zero-order valence-corrected chi connectivity index (χ0v) is 10.9. The van der Waals surface area contributed by atoms with Crippen LogP contribution in [0.3, 0.4) is 0 Å². The topological polar surface area (TPSA) is 83.1 Å². The number of nitro groups is 1. The van der Waals surface area contributed by atoms with Gasteiger partial charge in [-0.05, 0) is 11.6 Å². The summed E-state index contributed by atoms with van der Waals surface area (Å²) in [5.74, 6) is 0.398. The van der Waals surface area contributed by atoms with E-state index in [0.717, 1.165) is 0 Å². The lowest BCUT2D eigenvalue weighted by Crippen LogP contribution is -2.00. The maximum Gasteiger partial charge on any atom is 0.311 e. The van der Waals surface area contributed by atoms with Crippen molar-refractivity contribution in [1.82, 2.24) is 15.0 Å². The summed E-state index contributed by atoms with van der Waals surface area (Å²) < 4.78 is 6.93. The molecule has 0 spiro atoms. The highest BCUT2D eigenvalue weighted by molar-refractivity contribution is 6.17. The normalized spacial score (nSPS) is 10.4. The van der Waals surface area contributed by atoms with Crippen LogP contribution in [-0.4, -0.2) is 19.9 Å². The van der Waals surface area contributed by atoms with Crippen LogP contribution in [0.4, 0.5) is 5.69 Å². The Hall–Kier alpha value is -2.15. The van der Waals surface area contributed by atoms with Crippen molar-refractivity contribution >= 4 is 17.3 Å². The number of halogens is 1. The smallest absolute Gasteiger partial charge is 0.311 e. The van der Waals surface area contributed by atoms with Crippen molar-refractivity contribution in [1.29, 1.82) is 0 Å². The minimum Gasteiger partial charge on any atom is -0.480 e. The molecule has 8 heteroatoms. The van der Waals surface area contributed by atoms with E-state index in [1.807, 2.05) is 0 Å². The number of aromatic nitrogens is 3. The summed E-state index contributed by atoms with van der Waals surface area (Å²) in [4.78, 5) is 10.5. The van der Waals surface area contributed by atoms with Gasteiger partial charge in [0.1, 0.15) is 12.3 Å². The van der Waals surface area contributed by atoms with Gasteiger partial charge < -0.3 is 4.74 Å². The fourth-order valence-corrected chi connectivity index (χ4v) is 1.69. The predicted molar refractivity (Wildman–Crippen MR) is 68.0 cm³/mol. The first-order valence-corrected chi connectivity index (χ1v) is 5.95. The van der Waals surface area contributed by atoms with Gasteiger partial charge >= 0.3 is 5.69 Å². The fraction of sp³-hybridized carbons (Fsp3) is 0.273. The van der Waals surface area contributed by atoms with Crippen LogP contribution in [0, 0.1) is 10.1 Å². The van der Waals surface area contributed by atoms with E-state index in [1.165, 1.54) is 16.8 Å². The van der Waals surface area contributed by atoms with Crippen molar-refractivity contribution in [3.05, 3.63) is 45.8 Å². The molecular formula is C11H11ClN4O3. The Morgan fingerprint density at radius 1 is 1.53 bits per heavy atom. The molecule has 7 nitrogen and oxygen atoms in total. The minimum absolute atomic E-state index is 0.109. The van der Waals surface area contributed by atoms with E-state index in [1.54, 1.807) is 19.3 Å². The van der Waals surface area contributed by atoms with Crippen molar-refractivity contribution in [3.63, 3.8) is 0 Å². The van der Waals surface area contributed by atoms with E-state index >= 15 is 0 Å². The SMILES string of the molecule is Cn1cc(COc2ccc(CCl)cc2[N+](=O)[O-])nn1. The molecule has 0 fully saturated rings. The van der Waals surface area contributed by atoms with Gasteiger partial charge in [0, 0.05) is 19.0 Å². The molecule has 100 valence electrons. The Balaban J connectivity index is 2.17. The molecule has 0 aliphatic rings. The van der Waals surface area contributed by atoms with Gasteiger partial charge in [-0.3, -0.25) is 14.8 Å². The van der Waals surface area contributed by atoms with E-state index in [0.29, 0.717) is 11.3 Å². The lowest BCUT2D eigenvalue weighted by atomic mass is 10.2. The highest BCUT2D eigenvalue weighted by Gasteiger charge is 2.16. The molecule has 0 N–H and O–H groups in total. The number of aryl methyl sites for hydroxylation is 1. The number of alkyl halides is 1. The second-order valence-corrected chi connectivity index (χ2v) is 4.13. The molecule has 0 aliphatic carbocycles. The first kappa shape index (κ1) is 13.3. The van der Waals surface area contributed by atoms with Crippen LogP contribution in [0.5, 0.6) is 5.75 Å². The Bertz CT molecular complexity index is 599. The van der Waals surface area contributed by atoms with E-state index in [-0.39, 0.29) is 23.9 Å². The fourth-order valence-electron chi connectivity index (χ4n) is 1.52. The van der Waals surface area contributed by atoms with Crippen molar-refractivity contribution in [2.45, 2.75) is 12.5 Å². The lowest BCUT2D eigenvalue weighted by Gasteiger charge is -2.05. The van der Waals surface area contributed by atoms with Gasteiger partial charge in [0.25, 0.3) is 0 Å². The second-order valence-electron chi connectivity index (χ2n) is 3.87. The number of hydrogen-bond donors (Lipinski definition) is 0. The summed E-state index contributed by atoms with van der Waals surface area (Å²) in [5, 5.41) is 18.5. The molecule has 1 aromatic heterocycles. The lowest BCUT2D eigenvalue weighted by molar-refractivity contribution is -0.386. The van der Waals surface area contributed by atoms with E-state index < -0.39 is 4.92 Å². The average molecular weight is 283 g/mol. The maximum absolute atomic E-state index is 11.0. The van der Waals surface area contributed by atoms with E-state index in [4.69, 9.17) is 16.3 Å². The number of benzene rings is 1. The number of nitrogens with zero attached hydrogens (tertiary/aromatic N) is 4. The maximum atomic E-state index is 11.0. The largest absolute Gasteiger partial charge is 0.480 e. The minimum atomic E-state index is -0.498. The Morgan fingerprint density at radius 2 is 2.32 bits per heavy atom. The van der Waals surface area contributed by atoms with Gasteiger partial charge in [0.2, 0.25) is 0 Å². The van der Waals surface area contributed by atoms with Crippen LogP contribution in [0.15, 0.2) is 24.4 Å². The first-order valence-electron chi connectivity index (χ1n) is 5.41. The predicted octanol–water partition coefficient (Wildman–Crippen LogP) is 2.04. The third kappa shape index (κ3) is 3.19. The molecule has 19 heavy (non-hydrogen) atoms. The highest BCUT2D eigenvalue weighted by atomic mass is 35.5. The zero-order chi connectivity index (χ0) is 13.8. The third-order valence-electron chi connectivity index (χ3n) is 2.40. The van der Waals surface area contributed by atoms with Crippen molar-refractivity contribution < 1.29 is 9.66 Å². The highest BCUT2D eigenvalue weighted by Crippen LogP contribution is 2.29. The van der Waals surface area contributed by atoms with Gasteiger partial charge in [-0.15, -0.1) is 16.7 Å². The number of nitro benzene ring substituents is 1. The molecule has 0 bridgehead atoms. The first-order chi connectivity index (χ1) is 9.10. The summed E-state index contributed by atoms with van der Waals surface area (Å²) >= 11 is 5.65. The van der Waals surface area contributed by atoms with Gasteiger partial charge in [0.05, 0.1) is 11.1 Å². The Morgan fingerprint density at radius 3 is 2.89 bits per heavy atom. The molecule has 2 aromatic rings. The summed E-state index contributed by atoms with van der Waals surface area (Å²) in [7, 11) is 1.73.